The summed E-state index contributed by atoms with van der Waals surface area (Å²) in [7, 11) is 0. The van der Waals surface area contributed by atoms with E-state index >= 15 is 0 Å². The van der Waals surface area contributed by atoms with Crippen molar-refractivity contribution in [3.63, 3.8) is 0 Å². The Kier molecular flexibility index (Phi) is 3.57. The van der Waals surface area contributed by atoms with Gasteiger partial charge in [0.15, 0.2) is 0 Å². The molecule has 2 nitrogen and oxygen atoms in total. The molecule has 14 heavy (non-hydrogen) atoms. The highest BCUT2D eigenvalue weighted by Crippen LogP contribution is 2.36. The largest absolute Gasteiger partial charge is 0.342 e. The summed E-state index contributed by atoms with van der Waals surface area (Å²) >= 11 is 0. The molecular formula is C12H23NO. The van der Waals surface area contributed by atoms with Crippen LogP contribution in [0.15, 0.2) is 0 Å². The molecule has 0 spiro atoms. The number of likely N-dealkylation sites (tertiary alicyclic amines) is 1. The maximum atomic E-state index is 10.8. The molecule has 1 aliphatic rings. The summed E-state index contributed by atoms with van der Waals surface area (Å²) < 4.78 is 0. The Morgan fingerprint density at radius 3 is 2.50 bits per heavy atom. The van der Waals surface area contributed by atoms with E-state index < -0.39 is 0 Å². The molecule has 1 amide bonds. The zero-order valence-corrected chi connectivity index (χ0v) is 9.92. The second kappa shape index (κ2) is 4.33. The lowest BCUT2D eigenvalue weighted by Gasteiger charge is -2.42. The fraction of sp³-hybridized carbons (Fsp3) is 0.917. The molecule has 0 aromatic carbocycles. The minimum Gasteiger partial charge on any atom is -0.342 e. The molecule has 0 radical (unpaired) electrons. The third-order valence-electron chi connectivity index (χ3n) is 3.59. The number of carbonyl (C=O) groups is 1. The fourth-order valence-electron chi connectivity index (χ4n) is 2.40. The molecule has 2 atom stereocenters. The lowest BCUT2D eigenvalue weighted by Crippen LogP contribution is -2.44. The summed E-state index contributed by atoms with van der Waals surface area (Å²) in [5, 5.41) is 0. The SMILES string of the molecule is CCC1CC(C(C)(C)C)CCN1C=O. The number of nitrogens with zero attached hydrogens (tertiary/aromatic N) is 1. The number of carbonyl (C=O) groups excluding carboxylic acids is 1. The summed E-state index contributed by atoms with van der Waals surface area (Å²) in [4.78, 5) is 12.8. The maximum Gasteiger partial charge on any atom is 0.209 e. The predicted molar refractivity (Wildman–Crippen MR) is 59.0 cm³/mol. The highest BCUT2D eigenvalue weighted by molar-refractivity contribution is 5.48. The van der Waals surface area contributed by atoms with Gasteiger partial charge in [0.1, 0.15) is 0 Å². The van der Waals surface area contributed by atoms with Crippen LogP contribution in [0.1, 0.15) is 47.0 Å². The van der Waals surface area contributed by atoms with Gasteiger partial charge in [-0.25, -0.2) is 0 Å². The fourth-order valence-corrected chi connectivity index (χ4v) is 2.40. The lowest BCUT2D eigenvalue weighted by molar-refractivity contribution is -0.123. The van der Waals surface area contributed by atoms with Crippen molar-refractivity contribution in [3.8, 4) is 0 Å². The van der Waals surface area contributed by atoms with Crippen molar-refractivity contribution in [1.29, 1.82) is 0 Å². The van der Waals surface area contributed by atoms with Gasteiger partial charge in [-0.05, 0) is 30.6 Å². The second-order valence-corrected chi connectivity index (χ2v) is 5.49. The van der Waals surface area contributed by atoms with E-state index in [1.165, 1.54) is 12.8 Å². The Morgan fingerprint density at radius 1 is 1.43 bits per heavy atom. The molecule has 1 rings (SSSR count). The first-order valence-electron chi connectivity index (χ1n) is 5.70. The molecule has 0 aliphatic carbocycles. The van der Waals surface area contributed by atoms with Crippen molar-refractivity contribution < 1.29 is 4.79 Å². The zero-order chi connectivity index (χ0) is 10.8. The van der Waals surface area contributed by atoms with Crippen LogP contribution in [0.3, 0.4) is 0 Å². The Hall–Kier alpha value is -0.530. The number of hydrogen-bond acceptors (Lipinski definition) is 1. The molecule has 2 unspecified atom stereocenters. The van der Waals surface area contributed by atoms with Crippen molar-refractivity contribution in [2.75, 3.05) is 6.54 Å². The van der Waals surface area contributed by atoms with Crippen LogP contribution in [0, 0.1) is 11.3 Å². The molecule has 1 heterocycles. The zero-order valence-electron chi connectivity index (χ0n) is 9.92. The van der Waals surface area contributed by atoms with E-state index in [0.29, 0.717) is 11.5 Å². The minimum absolute atomic E-state index is 0.391. The summed E-state index contributed by atoms with van der Waals surface area (Å²) in [5.41, 5.74) is 0.391. The van der Waals surface area contributed by atoms with Gasteiger partial charge >= 0.3 is 0 Å². The van der Waals surface area contributed by atoms with Crippen LogP contribution in [0.25, 0.3) is 0 Å². The van der Waals surface area contributed by atoms with Gasteiger partial charge in [0.05, 0.1) is 0 Å². The van der Waals surface area contributed by atoms with Gasteiger partial charge < -0.3 is 4.90 Å². The van der Waals surface area contributed by atoms with Gasteiger partial charge in [0, 0.05) is 12.6 Å². The van der Waals surface area contributed by atoms with Crippen molar-refractivity contribution in [1.82, 2.24) is 4.90 Å². The van der Waals surface area contributed by atoms with Crippen LogP contribution in [0.4, 0.5) is 0 Å². The summed E-state index contributed by atoms with van der Waals surface area (Å²) in [6.45, 7) is 10.0. The molecule has 0 bridgehead atoms. The molecular weight excluding hydrogens is 174 g/mol. The molecule has 2 heteroatoms. The van der Waals surface area contributed by atoms with Crippen molar-refractivity contribution in [2.45, 2.75) is 53.0 Å². The summed E-state index contributed by atoms with van der Waals surface area (Å²) in [6.07, 6.45) is 4.45. The first-order chi connectivity index (χ1) is 6.49. The van der Waals surface area contributed by atoms with Crippen LogP contribution in [-0.2, 0) is 4.79 Å². The third kappa shape index (κ3) is 2.49. The van der Waals surface area contributed by atoms with Gasteiger partial charge in [0.2, 0.25) is 6.41 Å². The number of amides is 1. The van der Waals surface area contributed by atoms with Gasteiger partial charge in [-0.1, -0.05) is 27.7 Å². The lowest BCUT2D eigenvalue weighted by atomic mass is 9.73. The van der Waals surface area contributed by atoms with E-state index in [9.17, 15) is 4.79 Å². The predicted octanol–water partition coefficient (Wildman–Crippen LogP) is 2.68. The number of hydrogen-bond donors (Lipinski definition) is 0. The molecule has 1 saturated heterocycles. The van der Waals surface area contributed by atoms with Crippen LogP contribution < -0.4 is 0 Å². The quantitative estimate of drug-likeness (QED) is 0.623. The van der Waals surface area contributed by atoms with Crippen molar-refractivity contribution >= 4 is 6.41 Å². The summed E-state index contributed by atoms with van der Waals surface area (Å²) in [5.74, 6) is 0.767. The van der Waals surface area contributed by atoms with E-state index in [0.717, 1.165) is 25.3 Å². The van der Waals surface area contributed by atoms with Gasteiger partial charge in [-0.3, -0.25) is 4.79 Å². The van der Waals surface area contributed by atoms with E-state index in [2.05, 4.69) is 27.7 Å². The van der Waals surface area contributed by atoms with Crippen LogP contribution in [0.2, 0.25) is 0 Å². The number of rotatable bonds is 2. The van der Waals surface area contributed by atoms with Gasteiger partial charge in [-0.2, -0.15) is 0 Å². The Morgan fingerprint density at radius 2 is 2.07 bits per heavy atom. The topological polar surface area (TPSA) is 20.3 Å². The van der Waals surface area contributed by atoms with Crippen molar-refractivity contribution in [3.05, 3.63) is 0 Å². The first-order valence-corrected chi connectivity index (χ1v) is 5.70. The Balaban J connectivity index is 2.61. The van der Waals surface area contributed by atoms with Crippen LogP contribution >= 0.6 is 0 Å². The Labute approximate surface area is 87.7 Å². The van der Waals surface area contributed by atoms with E-state index in [-0.39, 0.29) is 0 Å². The van der Waals surface area contributed by atoms with E-state index in [1.807, 2.05) is 4.90 Å². The van der Waals surface area contributed by atoms with Crippen molar-refractivity contribution in [2.24, 2.45) is 11.3 Å². The van der Waals surface area contributed by atoms with Gasteiger partial charge in [0.25, 0.3) is 0 Å². The highest BCUT2D eigenvalue weighted by Gasteiger charge is 2.32. The molecule has 1 aliphatic heterocycles. The third-order valence-corrected chi connectivity index (χ3v) is 3.59. The van der Waals surface area contributed by atoms with E-state index in [4.69, 9.17) is 0 Å². The first kappa shape index (κ1) is 11.5. The second-order valence-electron chi connectivity index (χ2n) is 5.49. The monoisotopic (exact) mass is 197 g/mol. The molecule has 82 valence electrons. The molecule has 0 aromatic heterocycles. The highest BCUT2D eigenvalue weighted by atomic mass is 16.1. The normalized spacial score (nSPS) is 29.0. The molecule has 0 saturated carbocycles. The molecule has 0 N–H and O–H groups in total. The summed E-state index contributed by atoms with van der Waals surface area (Å²) in [6, 6.07) is 0.477. The van der Waals surface area contributed by atoms with Gasteiger partial charge in [-0.15, -0.1) is 0 Å². The molecule has 1 fully saturated rings. The average Bonchev–Trinajstić information content (AvgIpc) is 2.15. The standard InChI is InChI=1S/C12H23NO/c1-5-11-8-10(12(2,3)4)6-7-13(11)9-14/h9-11H,5-8H2,1-4H3. The minimum atomic E-state index is 0.391. The van der Waals surface area contributed by atoms with Crippen LogP contribution in [-0.4, -0.2) is 23.9 Å². The Bertz CT molecular complexity index is 195. The number of piperidine rings is 1. The maximum absolute atomic E-state index is 10.8. The molecule has 0 aromatic rings. The average molecular weight is 197 g/mol. The van der Waals surface area contributed by atoms with Crippen LogP contribution in [0.5, 0.6) is 0 Å². The smallest absolute Gasteiger partial charge is 0.209 e. The van der Waals surface area contributed by atoms with E-state index in [1.54, 1.807) is 0 Å².